The van der Waals surface area contributed by atoms with Crippen LogP contribution in [0.4, 0.5) is 11.4 Å². The van der Waals surface area contributed by atoms with Crippen LogP contribution in [0.15, 0.2) is 47.4 Å². The summed E-state index contributed by atoms with van der Waals surface area (Å²) in [5, 5.41) is 3.29. The van der Waals surface area contributed by atoms with Crippen LogP contribution in [0.25, 0.3) is 0 Å². The normalized spacial score (nSPS) is 14.6. The molecule has 1 aliphatic rings. The molecule has 2 aromatic carbocycles. The molecule has 1 saturated carbocycles. The van der Waals surface area contributed by atoms with E-state index in [1.54, 1.807) is 24.3 Å². The molecule has 0 radical (unpaired) electrons. The van der Waals surface area contributed by atoms with Crippen molar-refractivity contribution in [2.75, 3.05) is 10.0 Å². The van der Waals surface area contributed by atoms with E-state index < -0.39 is 10.0 Å². The predicted octanol–water partition coefficient (Wildman–Crippen LogP) is 4.19. The van der Waals surface area contributed by atoms with E-state index in [9.17, 15) is 13.2 Å². The largest absolute Gasteiger partial charge is 0.326 e. The number of benzene rings is 2. The summed E-state index contributed by atoms with van der Waals surface area (Å²) < 4.78 is 27.7. The first-order valence-corrected chi connectivity index (χ1v) is 9.91. The zero-order valence-electron chi connectivity index (χ0n) is 13.8. The molecular weight excluding hydrogens is 360 g/mol. The van der Waals surface area contributed by atoms with Crippen molar-refractivity contribution >= 4 is 38.9 Å². The molecule has 25 heavy (non-hydrogen) atoms. The van der Waals surface area contributed by atoms with E-state index in [0.717, 1.165) is 24.8 Å². The number of sulfonamides is 1. The second-order valence-corrected chi connectivity index (χ2v) is 8.33. The molecule has 0 aliphatic heterocycles. The molecule has 0 heterocycles. The van der Waals surface area contributed by atoms with Gasteiger partial charge in [0.05, 0.1) is 10.6 Å². The van der Waals surface area contributed by atoms with E-state index in [0.29, 0.717) is 16.4 Å². The molecular formula is C18H19ClN2O3S. The van der Waals surface area contributed by atoms with Crippen molar-refractivity contribution in [2.24, 2.45) is 5.92 Å². The summed E-state index contributed by atoms with van der Waals surface area (Å²) in [5.74, 6) is -0.0176. The van der Waals surface area contributed by atoms with E-state index in [-0.39, 0.29) is 16.7 Å². The smallest absolute Gasteiger partial charge is 0.261 e. The molecule has 7 heteroatoms. The molecule has 1 fully saturated rings. The van der Waals surface area contributed by atoms with Crippen molar-refractivity contribution < 1.29 is 13.2 Å². The van der Waals surface area contributed by atoms with Crippen LogP contribution >= 0.6 is 11.6 Å². The maximum atomic E-state index is 12.6. The molecule has 0 bridgehead atoms. The molecule has 0 saturated heterocycles. The van der Waals surface area contributed by atoms with E-state index in [1.807, 2.05) is 6.92 Å². The van der Waals surface area contributed by atoms with Gasteiger partial charge in [-0.1, -0.05) is 30.2 Å². The van der Waals surface area contributed by atoms with Gasteiger partial charge in [-0.3, -0.25) is 9.52 Å². The molecule has 1 aliphatic carbocycles. The van der Waals surface area contributed by atoms with Crippen molar-refractivity contribution in [1.29, 1.82) is 0 Å². The number of carbonyl (C=O) groups excluding carboxylic acids is 1. The molecule has 0 unspecified atom stereocenters. The van der Waals surface area contributed by atoms with Crippen LogP contribution in [0.1, 0.15) is 24.8 Å². The fourth-order valence-corrected chi connectivity index (χ4v) is 3.84. The van der Waals surface area contributed by atoms with E-state index in [2.05, 4.69) is 10.0 Å². The molecule has 0 aromatic heterocycles. The first kappa shape index (κ1) is 17.8. The predicted molar refractivity (Wildman–Crippen MR) is 99.4 cm³/mol. The zero-order chi connectivity index (χ0) is 18.0. The molecule has 0 spiro atoms. The molecule has 0 atom stereocenters. The maximum absolute atomic E-state index is 12.6. The van der Waals surface area contributed by atoms with E-state index >= 15 is 0 Å². The van der Waals surface area contributed by atoms with Crippen molar-refractivity contribution in [3.63, 3.8) is 0 Å². The topological polar surface area (TPSA) is 75.3 Å². The summed E-state index contributed by atoms with van der Waals surface area (Å²) in [6, 6.07) is 11.2. The minimum absolute atomic E-state index is 0.0317. The summed E-state index contributed by atoms with van der Waals surface area (Å²) in [5.41, 5.74) is 1.72. The average Bonchev–Trinajstić information content (AvgIpc) is 2.47. The lowest BCUT2D eigenvalue weighted by atomic mass is 9.85. The van der Waals surface area contributed by atoms with Gasteiger partial charge in [-0.2, -0.15) is 0 Å². The van der Waals surface area contributed by atoms with Crippen molar-refractivity contribution in [3.05, 3.63) is 53.1 Å². The van der Waals surface area contributed by atoms with Gasteiger partial charge in [0.15, 0.2) is 0 Å². The minimum Gasteiger partial charge on any atom is -0.326 e. The summed E-state index contributed by atoms with van der Waals surface area (Å²) in [4.78, 5) is 12.2. The number of aryl methyl sites for hydroxylation is 1. The average molecular weight is 379 g/mol. The van der Waals surface area contributed by atoms with Gasteiger partial charge in [0.1, 0.15) is 0 Å². The highest BCUT2D eigenvalue weighted by atomic mass is 35.5. The Kier molecular flexibility index (Phi) is 5.01. The van der Waals surface area contributed by atoms with E-state index in [1.165, 1.54) is 18.2 Å². The van der Waals surface area contributed by atoms with Crippen LogP contribution in [-0.2, 0) is 14.8 Å². The van der Waals surface area contributed by atoms with Crippen LogP contribution in [0.3, 0.4) is 0 Å². The monoisotopic (exact) mass is 378 g/mol. The van der Waals surface area contributed by atoms with Gasteiger partial charge in [-0.25, -0.2) is 8.42 Å². The Hall–Kier alpha value is -2.05. The minimum atomic E-state index is -3.78. The number of nitrogens with one attached hydrogen (secondary N) is 2. The van der Waals surface area contributed by atoms with Crippen molar-refractivity contribution in [3.8, 4) is 0 Å². The van der Waals surface area contributed by atoms with Gasteiger partial charge in [0.2, 0.25) is 5.91 Å². The number of anilines is 2. The fraction of sp³-hybridized carbons (Fsp3) is 0.278. The second-order valence-electron chi connectivity index (χ2n) is 6.21. The van der Waals surface area contributed by atoms with E-state index in [4.69, 9.17) is 11.6 Å². The molecule has 2 N–H and O–H groups in total. The molecule has 2 aromatic rings. The Morgan fingerprint density at radius 2 is 1.92 bits per heavy atom. The third-order valence-electron chi connectivity index (χ3n) is 4.33. The summed E-state index contributed by atoms with van der Waals surface area (Å²) in [6.45, 7) is 1.83. The van der Waals surface area contributed by atoms with Crippen molar-refractivity contribution in [1.82, 2.24) is 0 Å². The van der Waals surface area contributed by atoms with Crippen LogP contribution < -0.4 is 10.0 Å². The number of halogens is 1. The quantitative estimate of drug-likeness (QED) is 0.819. The van der Waals surface area contributed by atoms with Gasteiger partial charge < -0.3 is 5.32 Å². The lowest BCUT2D eigenvalue weighted by molar-refractivity contribution is -0.122. The number of rotatable bonds is 5. The highest BCUT2D eigenvalue weighted by molar-refractivity contribution is 7.92. The number of amides is 1. The second kappa shape index (κ2) is 7.06. The molecule has 132 valence electrons. The first-order valence-electron chi connectivity index (χ1n) is 8.05. The Labute approximate surface area is 152 Å². The van der Waals surface area contributed by atoms with Gasteiger partial charge in [-0.05, 0) is 55.7 Å². The third kappa shape index (κ3) is 4.14. The lowest BCUT2D eigenvalue weighted by Crippen LogP contribution is -2.28. The third-order valence-corrected chi connectivity index (χ3v) is 5.94. The Balaban J connectivity index is 1.83. The van der Waals surface area contributed by atoms with Crippen molar-refractivity contribution in [2.45, 2.75) is 31.1 Å². The zero-order valence-corrected chi connectivity index (χ0v) is 15.3. The Bertz CT molecular complexity index is 908. The summed E-state index contributed by atoms with van der Waals surface area (Å²) >= 11 is 5.89. The van der Waals surface area contributed by atoms with Gasteiger partial charge in [-0.15, -0.1) is 0 Å². The van der Waals surface area contributed by atoms with Gasteiger partial charge in [0.25, 0.3) is 10.0 Å². The highest BCUT2D eigenvalue weighted by Crippen LogP contribution is 2.29. The molecule has 1 amide bonds. The van der Waals surface area contributed by atoms with Gasteiger partial charge in [0, 0.05) is 16.6 Å². The SMILES string of the molecule is Cc1ccc(S(=O)(=O)Nc2cccc(Cl)c2)cc1NC(=O)C1CCC1. The highest BCUT2D eigenvalue weighted by Gasteiger charge is 2.26. The number of carbonyl (C=O) groups is 1. The number of hydrogen-bond acceptors (Lipinski definition) is 3. The first-order chi connectivity index (χ1) is 11.8. The molecule has 5 nitrogen and oxygen atoms in total. The lowest BCUT2D eigenvalue weighted by Gasteiger charge is -2.24. The number of hydrogen-bond donors (Lipinski definition) is 2. The Morgan fingerprint density at radius 3 is 2.56 bits per heavy atom. The van der Waals surface area contributed by atoms with Crippen LogP contribution in [0.2, 0.25) is 5.02 Å². The maximum Gasteiger partial charge on any atom is 0.261 e. The fourth-order valence-electron chi connectivity index (χ4n) is 2.57. The summed E-state index contributed by atoms with van der Waals surface area (Å²) in [6.07, 6.45) is 2.84. The van der Waals surface area contributed by atoms with Crippen LogP contribution in [-0.4, -0.2) is 14.3 Å². The van der Waals surface area contributed by atoms with Gasteiger partial charge >= 0.3 is 0 Å². The standard InChI is InChI=1S/C18H19ClN2O3S/c1-12-8-9-16(11-17(12)20-18(22)13-4-2-5-13)25(23,24)21-15-7-3-6-14(19)10-15/h3,6-11,13,21H,2,4-5H2,1H3,(H,20,22). The molecule has 3 rings (SSSR count). The van der Waals surface area contributed by atoms with Crippen LogP contribution in [0, 0.1) is 12.8 Å². The summed E-state index contributed by atoms with van der Waals surface area (Å²) in [7, 11) is -3.78. The Morgan fingerprint density at radius 1 is 1.16 bits per heavy atom. The van der Waals surface area contributed by atoms with Crippen LogP contribution in [0.5, 0.6) is 0 Å².